The zero-order chi connectivity index (χ0) is 10.7. The normalized spacial score (nSPS) is 11.1. The van der Waals surface area contributed by atoms with Gasteiger partial charge in [0.05, 0.1) is 11.1 Å². The Labute approximate surface area is 91.0 Å². The molecule has 0 spiro atoms. The third-order valence-corrected chi connectivity index (χ3v) is 2.29. The average molecular weight is 212 g/mol. The van der Waals surface area contributed by atoms with E-state index in [-0.39, 0.29) is 12.0 Å². The van der Waals surface area contributed by atoms with E-state index in [2.05, 4.69) is 6.92 Å². The van der Waals surface area contributed by atoms with Crippen LogP contribution in [0.5, 0.6) is 5.75 Å². The van der Waals surface area contributed by atoms with E-state index >= 15 is 0 Å². The molecule has 0 heterocycles. The van der Waals surface area contributed by atoms with E-state index < -0.39 is 0 Å². The first-order chi connectivity index (χ1) is 6.52. The van der Waals surface area contributed by atoms with Crippen LogP contribution in [0.25, 0.3) is 0 Å². The highest BCUT2D eigenvalue weighted by Gasteiger charge is 2.10. The summed E-state index contributed by atoms with van der Waals surface area (Å²) in [6.45, 7) is 9.93. The number of hydrogen-bond donors (Lipinski definition) is 0. The van der Waals surface area contributed by atoms with E-state index in [9.17, 15) is 0 Å². The monoisotopic (exact) mass is 211 g/mol. The van der Waals surface area contributed by atoms with Gasteiger partial charge >= 0.3 is 0 Å². The quantitative estimate of drug-likeness (QED) is 0.733. The molecule has 0 N–H and O–H groups in total. The molecule has 0 aliphatic heterocycles. The molecule has 1 aromatic carbocycles. The minimum Gasteiger partial charge on any atom is -0.489 e. The molecule has 0 saturated heterocycles. The van der Waals surface area contributed by atoms with Gasteiger partial charge in [-0.3, -0.25) is 0 Å². The molecule has 0 bridgehead atoms. The summed E-state index contributed by atoms with van der Waals surface area (Å²) in [7, 11) is 0. The van der Waals surface area contributed by atoms with Crippen molar-refractivity contribution in [1.29, 1.82) is 0 Å². The lowest BCUT2D eigenvalue weighted by Crippen LogP contribution is -2.06. The molecule has 0 saturated carbocycles. The summed E-state index contributed by atoms with van der Waals surface area (Å²) in [5.74, 6) is 0.924. The first-order valence-electron chi connectivity index (χ1n) is 4.80. The van der Waals surface area contributed by atoms with Gasteiger partial charge in [-0.1, -0.05) is 30.7 Å². The standard InChI is InChI=1S/C12H16ClO/c1-8(2)10-6-5-7-11(12(10)13)14-9(3)4/h5-9H,1H2,2-4H3. The Balaban J connectivity index is 3.01. The van der Waals surface area contributed by atoms with Crippen molar-refractivity contribution in [2.45, 2.75) is 32.8 Å². The van der Waals surface area contributed by atoms with E-state index in [4.69, 9.17) is 16.3 Å². The average Bonchev–Trinajstić information content (AvgIpc) is 2.07. The molecule has 1 unspecified atom stereocenters. The van der Waals surface area contributed by atoms with Gasteiger partial charge in [0.2, 0.25) is 0 Å². The van der Waals surface area contributed by atoms with Crippen LogP contribution >= 0.6 is 11.6 Å². The summed E-state index contributed by atoms with van der Waals surface area (Å²) >= 11 is 6.18. The smallest absolute Gasteiger partial charge is 0.138 e. The van der Waals surface area contributed by atoms with E-state index in [1.807, 2.05) is 39.0 Å². The van der Waals surface area contributed by atoms with Gasteiger partial charge < -0.3 is 4.74 Å². The Bertz CT molecular complexity index is 305. The largest absolute Gasteiger partial charge is 0.489 e. The molecule has 0 amide bonds. The third kappa shape index (κ3) is 2.65. The molecule has 14 heavy (non-hydrogen) atoms. The maximum Gasteiger partial charge on any atom is 0.138 e. The highest BCUT2D eigenvalue weighted by Crippen LogP contribution is 2.32. The maximum atomic E-state index is 6.18. The van der Waals surface area contributed by atoms with Crippen molar-refractivity contribution in [3.8, 4) is 5.75 Å². The van der Waals surface area contributed by atoms with E-state index in [0.717, 1.165) is 11.3 Å². The van der Waals surface area contributed by atoms with Gasteiger partial charge in [-0.05, 0) is 38.3 Å². The molecule has 1 nitrogen and oxygen atoms in total. The molecule has 1 rings (SSSR count). The van der Waals surface area contributed by atoms with Crippen molar-refractivity contribution in [3.05, 3.63) is 35.7 Å². The van der Waals surface area contributed by atoms with Gasteiger partial charge in [0, 0.05) is 0 Å². The number of rotatable bonds is 3. The van der Waals surface area contributed by atoms with Crippen molar-refractivity contribution in [2.75, 3.05) is 0 Å². The molecule has 2 heteroatoms. The molecule has 1 radical (unpaired) electrons. The van der Waals surface area contributed by atoms with Gasteiger partial charge in [-0.25, -0.2) is 0 Å². The maximum absolute atomic E-state index is 6.18. The lowest BCUT2D eigenvalue weighted by Gasteiger charge is -2.15. The van der Waals surface area contributed by atoms with Crippen molar-refractivity contribution in [1.82, 2.24) is 0 Å². The van der Waals surface area contributed by atoms with Crippen LogP contribution in [-0.4, -0.2) is 6.10 Å². The van der Waals surface area contributed by atoms with Crippen LogP contribution < -0.4 is 4.74 Å². The second-order valence-corrected chi connectivity index (χ2v) is 4.10. The summed E-state index contributed by atoms with van der Waals surface area (Å²) in [5.41, 5.74) is 1.03. The molecule has 77 valence electrons. The first kappa shape index (κ1) is 11.4. The number of hydrogen-bond acceptors (Lipinski definition) is 1. The van der Waals surface area contributed by atoms with E-state index in [1.165, 1.54) is 0 Å². The van der Waals surface area contributed by atoms with Crippen LogP contribution in [0.3, 0.4) is 0 Å². The summed E-state index contributed by atoms with van der Waals surface area (Å²) in [4.78, 5) is 0. The summed E-state index contributed by atoms with van der Waals surface area (Å²) in [6.07, 6.45) is 0.142. The lowest BCUT2D eigenvalue weighted by atomic mass is 10.0. The fourth-order valence-corrected chi connectivity index (χ4v) is 1.61. The van der Waals surface area contributed by atoms with Crippen molar-refractivity contribution < 1.29 is 4.74 Å². The molecule has 1 atom stereocenters. The van der Waals surface area contributed by atoms with Crippen LogP contribution in [0.1, 0.15) is 32.3 Å². The number of ether oxygens (including phenoxy) is 1. The Morgan fingerprint density at radius 1 is 1.29 bits per heavy atom. The predicted molar refractivity (Wildman–Crippen MR) is 61.0 cm³/mol. The van der Waals surface area contributed by atoms with Crippen molar-refractivity contribution >= 4 is 11.6 Å². The molecular formula is C12H16ClO. The van der Waals surface area contributed by atoms with Crippen LogP contribution in [0.2, 0.25) is 5.02 Å². The Hall–Kier alpha value is -0.690. The minimum absolute atomic E-state index is 0.142. The molecule has 0 aliphatic carbocycles. The second kappa shape index (κ2) is 4.70. The number of benzene rings is 1. The second-order valence-electron chi connectivity index (χ2n) is 3.73. The van der Waals surface area contributed by atoms with Crippen LogP contribution in [-0.2, 0) is 0 Å². The van der Waals surface area contributed by atoms with Gasteiger partial charge in [-0.15, -0.1) is 0 Å². The van der Waals surface area contributed by atoms with Gasteiger partial charge in [-0.2, -0.15) is 0 Å². The molecular weight excluding hydrogens is 196 g/mol. The van der Waals surface area contributed by atoms with E-state index in [1.54, 1.807) is 0 Å². The molecule has 0 aromatic heterocycles. The zero-order valence-electron chi connectivity index (χ0n) is 8.88. The highest BCUT2D eigenvalue weighted by atomic mass is 35.5. The summed E-state index contributed by atoms with van der Waals surface area (Å²) in [6, 6.07) is 5.81. The SMILES string of the molecule is [CH2]C(C)c1cccc(OC(C)C)c1Cl. The van der Waals surface area contributed by atoms with Crippen LogP contribution in [0.15, 0.2) is 18.2 Å². The molecule has 1 aromatic rings. The van der Waals surface area contributed by atoms with Gasteiger partial charge in [0.1, 0.15) is 5.75 Å². The number of halogens is 1. The van der Waals surface area contributed by atoms with Crippen molar-refractivity contribution in [3.63, 3.8) is 0 Å². The third-order valence-electron chi connectivity index (χ3n) is 1.89. The minimum atomic E-state index is 0.142. The Morgan fingerprint density at radius 3 is 2.43 bits per heavy atom. The first-order valence-corrected chi connectivity index (χ1v) is 5.18. The van der Waals surface area contributed by atoms with Gasteiger partial charge in [0.25, 0.3) is 0 Å². The Morgan fingerprint density at radius 2 is 1.93 bits per heavy atom. The van der Waals surface area contributed by atoms with Crippen LogP contribution in [0.4, 0.5) is 0 Å². The van der Waals surface area contributed by atoms with Crippen LogP contribution in [0, 0.1) is 6.92 Å². The fourth-order valence-electron chi connectivity index (χ4n) is 1.25. The summed E-state index contributed by atoms with van der Waals surface area (Å²) in [5, 5.41) is 0.684. The summed E-state index contributed by atoms with van der Waals surface area (Å²) < 4.78 is 5.58. The van der Waals surface area contributed by atoms with Crippen molar-refractivity contribution in [2.24, 2.45) is 0 Å². The lowest BCUT2D eigenvalue weighted by molar-refractivity contribution is 0.242. The predicted octanol–water partition coefficient (Wildman–Crippen LogP) is 4.06. The van der Waals surface area contributed by atoms with E-state index in [0.29, 0.717) is 5.02 Å². The highest BCUT2D eigenvalue weighted by molar-refractivity contribution is 6.32. The fraction of sp³-hybridized carbons (Fsp3) is 0.417. The Kier molecular flexibility index (Phi) is 3.82. The van der Waals surface area contributed by atoms with Gasteiger partial charge in [0.15, 0.2) is 0 Å². The molecule has 0 aliphatic rings. The molecule has 0 fully saturated rings. The zero-order valence-corrected chi connectivity index (χ0v) is 9.64. The topological polar surface area (TPSA) is 9.23 Å².